The molecular weight excluding hydrogens is 303 g/mol. The minimum absolute atomic E-state index is 0.0161. The highest BCUT2D eigenvalue weighted by atomic mass is 19.1. The van der Waals surface area contributed by atoms with E-state index in [0.717, 1.165) is 46.1 Å². The summed E-state index contributed by atoms with van der Waals surface area (Å²) < 4.78 is 13.6. The zero-order chi connectivity index (χ0) is 16.9. The molecule has 3 nitrogen and oxygen atoms in total. The van der Waals surface area contributed by atoms with Crippen molar-refractivity contribution >= 4 is 22.5 Å². The molecule has 4 heteroatoms. The van der Waals surface area contributed by atoms with Crippen molar-refractivity contribution in [2.24, 2.45) is 0 Å². The van der Waals surface area contributed by atoms with Gasteiger partial charge in [0.15, 0.2) is 0 Å². The molecule has 0 atom stereocenters. The lowest BCUT2D eigenvalue weighted by Crippen LogP contribution is -2.27. The predicted molar refractivity (Wildman–Crippen MR) is 93.7 cm³/mol. The molecule has 1 amide bonds. The summed E-state index contributed by atoms with van der Waals surface area (Å²) in [5.41, 5.74) is 4.24. The summed E-state index contributed by atoms with van der Waals surface area (Å²) in [4.78, 5) is 16.1. The summed E-state index contributed by atoms with van der Waals surface area (Å²) in [5.74, 6) is -0.300. The molecule has 3 aromatic rings. The van der Waals surface area contributed by atoms with Gasteiger partial charge < -0.3 is 10.3 Å². The van der Waals surface area contributed by atoms with Gasteiger partial charge in [-0.25, -0.2) is 4.39 Å². The molecule has 2 aromatic carbocycles. The molecule has 0 bridgehead atoms. The van der Waals surface area contributed by atoms with E-state index in [1.54, 1.807) is 6.07 Å². The number of aromatic nitrogens is 1. The topological polar surface area (TPSA) is 44.9 Å². The molecule has 24 heavy (non-hydrogen) atoms. The van der Waals surface area contributed by atoms with Crippen LogP contribution in [0.25, 0.3) is 10.9 Å². The molecule has 1 fully saturated rings. The third-order valence-electron chi connectivity index (χ3n) is 4.82. The van der Waals surface area contributed by atoms with Crippen molar-refractivity contribution in [3.05, 3.63) is 65.1 Å². The molecule has 0 spiro atoms. The fourth-order valence-electron chi connectivity index (χ4n) is 3.53. The van der Waals surface area contributed by atoms with Gasteiger partial charge in [-0.1, -0.05) is 6.07 Å². The highest BCUT2D eigenvalue weighted by Crippen LogP contribution is 2.51. The van der Waals surface area contributed by atoms with E-state index in [-0.39, 0.29) is 11.7 Å². The number of carbonyl (C=O) groups excluding carboxylic acids is 1. The Labute approximate surface area is 139 Å². The average Bonchev–Trinajstić information content (AvgIpc) is 3.21. The van der Waals surface area contributed by atoms with Crippen LogP contribution in [0.5, 0.6) is 0 Å². The molecular formula is C20H19FN2O. The molecule has 0 radical (unpaired) electrons. The quantitative estimate of drug-likeness (QED) is 0.727. The van der Waals surface area contributed by atoms with Gasteiger partial charge in [0, 0.05) is 22.8 Å². The number of halogens is 1. The van der Waals surface area contributed by atoms with E-state index in [1.807, 2.05) is 32.2 Å². The Hall–Kier alpha value is -2.62. The van der Waals surface area contributed by atoms with Crippen LogP contribution in [0.2, 0.25) is 0 Å². The maximum atomic E-state index is 13.6. The molecule has 0 saturated heterocycles. The van der Waals surface area contributed by atoms with Gasteiger partial charge >= 0.3 is 0 Å². The normalized spacial score (nSPS) is 15.5. The van der Waals surface area contributed by atoms with E-state index < -0.39 is 5.41 Å². The smallest absolute Gasteiger partial charge is 0.235 e. The van der Waals surface area contributed by atoms with Gasteiger partial charge in [-0.15, -0.1) is 0 Å². The van der Waals surface area contributed by atoms with Crippen LogP contribution in [0.1, 0.15) is 29.5 Å². The van der Waals surface area contributed by atoms with Gasteiger partial charge in [0.25, 0.3) is 0 Å². The number of H-pyrrole nitrogens is 1. The third kappa shape index (κ3) is 2.39. The van der Waals surface area contributed by atoms with Gasteiger partial charge in [-0.3, -0.25) is 4.79 Å². The van der Waals surface area contributed by atoms with Crippen LogP contribution in [0.15, 0.2) is 42.6 Å². The number of benzene rings is 2. The average molecular weight is 322 g/mol. The number of aryl methyl sites for hydroxylation is 2. The van der Waals surface area contributed by atoms with Crippen LogP contribution in [0.4, 0.5) is 10.1 Å². The van der Waals surface area contributed by atoms with E-state index in [0.29, 0.717) is 0 Å². The Balaban J connectivity index is 1.69. The lowest BCUT2D eigenvalue weighted by atomic mass is 9.94. The second kappa shape index (κ2) is 5.20. The zero-order valence-corrected chi connectivity index (χ0v) is 13.7. The minimum atomic E-state index is -0.552. The number of amides is 1. The largest absolute Gasteiger partial charge is 0.361 e. The monoisotopic (exact) mass is 322 g/mol. The second-order valence-corrected chi connectivity index (χ2v) is 6.80. The Morgan fingerprint density at radius 2 is 1.83 bits per heavy atom. The van der Waals surface area contributed by atoms with Gasteiger partial charge in [0.1, 0.15) is 5.82 Å². The number of aromatic amines is 1. The minimum Gasteiger partial charge on any atom is -0.361 e. The number of hydrogen-bond donors (Lipinski definition) is 2. The standard InChI is InChI=1S/C20H19FN2O/c1-12-7-13(2)9-15(8-12)23-19(24)20(5-6-20)17-11-22-18-4-3-14(21)10-16(17)18/h3-4,7-11,22H,5-6H2,1-2H3,(H,23,24). The number of nitrogens with one attached hydrogen (secondary N) is 2. The SMILES string of the molecule is Cc1cc(C)cc(NC(=O)C2(c3c[nH]c4ccc(F)cc34)CC2)c1. The van der Waals surface area contributed by atoms with Crippen LogP contribution >= 0.6 is 0 Å². The van der Waals surface area contributed by atoms with Crippen LogP contribution in [0.3, 0.4) is 0 Å². The lowest BCUT2D eigenvalue weighted by molar-refractivity contribution is -0.118. The van der Waals surface area contributed by atoms with Crippen molar-refractivity contribution in [2.75, 3.05) is 5.32 Å². The Morgan fingerprint density at radius 3 is 2.50 bits per heavy atom. The van der Waals surface area contributed by atoms with Crippen molar-refractivity contribution in [3.63, 3.8) is 0 Å². The summed E-state index contributed by atoms with van der Waals surface area (Å²) >= 11 is 0. The van der Waals surface area contributed by atoms with E-state index in [2.05, 4.69) is 16.4 Å². The van der Waals surface area contributed by atoms with E-state index in [1.165, 1.54) is 12.1 Å². The van der Waals surface area contributed by atoms with E-state index in [4.69, 9.17) is 0 Å². The fourth-order valence-corrected chi connectivity index (χ4v) is 3.53. The molecule has 1 aliphatic rings. The molecule has 1 saturated carbocycles. The van der Waals surface area contributed by atoms with Crippen molar-refractivity contribution < 1.29 is 9.18 Å². The van der Waals surface area contributed by atoms with Gasteiger partial charge in [0.2, 0.25) is 5.91 Å². The number of anilines is 1. The summed E-state index contributed by atoms with van der Waals surface area (Å²) in [5, 5.41) is 3.84. The van der Waals surface area contributed by atoms with Crippen molar-refractivity contribution in [1.29, 1.82) is 0 Å². The van der Waals surface area contributed by atoms with Gasteiger partial charge in [-0.2, -0.15) is 0 Å². The Kier molecular flexibility index (Phi) is 3.23. The highest BCUT2D eigenvalue weighted by Gasteiger charge is 2.52. The Bertz CT molecular complexity index is 933. The molecule has 2 N–H and O–H groups in total. The third-order valence-corrected chi connectivity index (χ3v) is 4.82. The summed E-state index contributed by atoms with van der Waals surface area (Å²) in [6.07, 6.45) is 3.42. The van der Waals surface area contributed by atoms with Crippen LogP contribution in [-0.4, -0.2) is 10.9 Å². The molecule has 122 valence electrons. The van der Waals surface area contributed by atoms with E-state index in [9.17, 15) is 9.18 Å². The van der Waals surface area contributed by atoms with Crippen molar-refractivity contribution in [2.45, 2.75) is 32.1 Å². The second-order valence-electron chi connectivity index (χ2n) is 6.80. The number of rotatable bonds is 3. The molecule has 1 aliphatic carbocycles. The maximum Gasteiger partial charge on any atom is 0.235 e. The molecule has 0 aliphatic heterocycles. The zero-order valence-electron chi connectivity index (χ0n) is 13.7. The van der Waals surface area contributed by atoms with Gasteiger partial charge in [0.05, 0.1) is 5.41 Å². The van der Waals surface area contributed by atoms with Crippen molar-refractivity contribution in [1.82, 2.24) is 4.98 Å². The molecule has 0 unspecified atom stereocenters. The molecule has 1 heterocycles. The summed E-state index contributed by atoms with van der Waals surface area (Å²) in [6, 6.07) is 10.7. The van der Waals surface area contributed by atoms with Crippen LogP contribution in [0, 0.1) is 19.7 Å². The maximum absolute atomic E-state index is 13.6. The number of carbonyl (C=O) groups is 1. The van der Waals surface area contributed by atoms with E-state index >= 15 is 0 Å². The first kappa shape index (κ1) is 14.9. The van der Waals surface area contributed by atoms with Crippen LogP contribution in [-0.2, 0) is 10.2 Å². The van der Waals surface area contributed by atoms with Crippen LogP contribution < -0.4 is 5.32 Å². The number of fused-ring (bicyclic) bond motifs is 1. The molecule has 4 rings (SSSR count). The lowest BCUT2D eigenvalue weighted by Gasteiger charge is -2.16. The first-order valence-corrected chi connectivity index (χ1v) is 8.15. The fraction of sp³-hybridized carbons (Fsp3) is 0.250. The predicted octanol–water partition coefficient (Wildman–Crippen LogP) is 4.59. The summed E-state index contributed by atoms with van der Waals surface area (Å²) in [6.45, 7) is 4.02. The summed E-state index contributed by atoms with van der Waals surface area (Å²) in [7, 11) is 0. The van der Waals surface area contributed by atoms with Gasteiger partial charge in [-0.05, 0) is 73.7 Å². The highest BCUT2D eigenvalue weighted by molar-refractivity contribution is 6.04. The van der Waals surface area contributed by atoms with Crippen molar-refractivity contribution in [3.8, 4) is 0 Å². The first-order valence-electron chi connectivity index (χ1n) is 8.15. The Morgan fingerprint density at radius 1 is 1.12 bits per heavy atom. The number of hydrogen-bond acceptors (Lipinski definition) is 1. The first-order chi connectivity index (χ1) is 11.5. The molecule has 1 aromatic heterocycles.